The lowest BCUT2D eigenvalue weighted by Crippen LogP contribution is -2.63. The predicted molar refractivity (Wildman–Crippen MR) is 51.1 cm³/mol. The van der Waals surface area contributed by atoms with Gasteiger partial charge in [0.1, 0.15) is 0 Å². The Bertz CT molecular complexity index is 314. The largest absolute Gasteiger partial charge is 0.378 e. The minimum Gasteiger partial charge on any atom is -0.378 e. The standard InChI is InChI=1S/C10H14N2O3/c13-9-7-4-15-5-8(7)11-10(14)12(9)6-2-1-3-6/h6-8H,1-5H2,(H,11,14). The van der Waals surface area contributed by atoms with Gasteiger partial charge in [0.15, 0.2) is 0 Å². The fourth-order valence-electron chi connectivity index (χ4n) is 2.44. The highest BCUT2D eigenvalue weighted by Gasteiger charge is 2.47. The lowest BCUT2D eigenvalue weighted by Gasteiger charge is -2.41. The molecule has 0 aromatic heterocycles. The number of fused-ring (bicyclic) bond motifs is 1. The van der Waals surface area contributed by atoms with E-state index in [0.29, 0.717) is 13.2 Å². The number of hydrogen-bond acceptors (Lipinski definition) is 3. The maximum atomic E-state index is 12.0. The first-order chi connectivity index (χ1) is 7.27. The highest BCUT2D eigenvalue weighted by molar-refractivity contribution is 5.99. The summed E-state index contributed by atoms with van der Waals surface area (Å²) in [6.07, 6.45) is 3.03. The first-order valence-corrected chi connectivity index (χ1v) is 5.48. The smallest absolute Gasteiger partial charge is 0.324 e. The van der Waals surface area contributed by atoms with Gasteiger partial charge in [0, 0.05) is 6.04 Å². The maximum Gasteiger partial charge on any atom is 0.324 e. The Morgan fingerprint density at radius 1 is 1.27 bits per heavy atom. The van der Waals surface area contributed by atoms with Gasteiger partial charge in [-0.2, -0.15) is 0 Å². The van der Waals surface area contributed by atoms with Crippen LogP contribution in [-0.2, 0) is 9.53 Å². The minimum atomic E-state index is -0.226. The molecule has 5 heteroatoms. The average Bonchev–Trinajstić information content (AvgIpc) is 2.56. The number of carbonyl (C=O) groups is 2. The molecular formula is C10H14N2O3. The van der Waals surface area contributed by atoms with E-state index >= 15 is 0 Å². The third kappa shape index (κ3) is 1.26. The first-order valence-electron chi connectivity index (χ1n) is 5.48. The van der Waals surface area contributed by atoms with Gasteiger partial charge >= 0.3 is 6.03 Å². The van der Waals surface area contributed by atoms with Gasteiger partial charge in [-0.25, -0.2) is 4.79 Å². The fourth-order valence-corrected chi connectivity index (χ4v) is 2.44. The molecule has 0 spiro atoms. The maximum absolute atomic E-state index is 12.0. The van der Waals surface area contributed by atoms with Crippen molar-refractivity contribution >= 4 is 11.9 Å². The molecule has 1 N–H and O–H groups in total. The summed E-state index contributed by atoms with van der Waals surface area (Å²) in [5.41, 5.74) is 0. The minimum absolute atomic E-state index is 0.0362. The SMILES string of the molecule is O=C1NC2COCC2C(=O)N1C1CCC1. The number of nitrogens with zero attached hydrogens (tertiary/aromatic N) is 1. The number of rotatable bonds is 1. The van der Waals surface area contributed by atoms with Gasteiger partial charge in [-0.15, -0.1) is 0 Å². The monoisotopic (exact) mass is 210 g/mol. The third-order valence-electron chi connectivity index (χ3n) is 3.60. The molecule has 5 nitrogen and oxygen atoms in total. The van der Waals surface area contributed by atoms with Crippen LogP contribution in [0.2, 0.25) is 0 Å². The van der Waals surface area contributed by atoms with E-state index in [1.165, 1.54) is 4.90 Å². The van der Waals surface area contributed by atoms with Gasteiger partial charge in [-0.1, -0.05) is 0 Å². The zero-order chi connectivity index (χ0) is 10.4. The van der Waals surface area contributed by atoms with E-state index in [1.54, 1.807) is 0 Å². The van der Waals surface area contributed by atoms with Gasteiger partial charge in [0.25, 0.3) is 0 Å². The molecule has 3 amide bonds. The summed E-state index contributed by atoms with van der Waals surface area (Å²) < 4.78 is 5.23. The molecule has 2 unspecified atom stereocenters. The number of imide groups is 1. The fraction of sp³-hybridized carbons (Fsp3) is 0.800. The number of carbonyl (C=O) groups excluding carboxylic acids is 2. The van der Waals surface area contributed by atoms with Crippen molar-refractivity contribution < 1.29 is 14.3 Å². The van der Waals surface area contributed by atoms with Crippen LogP contribution in [0.3, 0.4) is 0 Å². The molecule has 2 aliphatic heterocycles. The van der Waals surface area contributed by atoms with E-state index < -0.39 is 0 Å². The Balaban J connectivity index is 1.82. The molecule has 1 saturated carbocycles. The number of ether oxygens (including phenoxy) is 1. The van der Waals surface area contributed by atoms with Crippen molar-refractivity contribution in [1.29, 1.82) is 0 Å². The topological polar surface area (TPSA) is 58.6 Å². The van der Waals surface area contributed by atoms with Crippen LogP contribution in [0.15, 0.2) is 0 Å². The highest BCUT2D eigenvalue weighted by atomic mass is 16.5. The van der Waals surface area contributed by atoms with Gasteiger partial charge in [0.05, 0.1) is 25.2 Å². The highest BCUT2D eigenvalue weighted by Crippen LogP contribution is 2.30. The van der Waals surface area contributed by atoms with Crippen LogP contribution in [0.5, 0.6) is 0 Å². The van der Waals surface area contributed by atoms with E-state index in [2.05, 4.69) is 5.32 Å². The molecule has 15 heavy (non-hydrogen) atoms. The molecule has 0 radical (unpaired) electrons. The summed E-state index contributed by atoms with van der Waals surface area (Å²) >= 11 is 0. The molecule has 0 aromatic carbocycles. The van der Waals surface area contributed by atoms with Crippen LogP contribution in [0.25, 0.3) is 0 Å². The van der Waals surface area contributed by atoms with Crippen molar-refractivity contribution in [3.05, 3.63) is 0 Å². The van der Waals surface area contributed by atoms with Gasteiger partial charge < -0.3 is 10.1 Å². The molecular weight excluding hydrogens is 196 g/mol. The van der Waals surface area contributed by atoms with Crippen molar-refractivity contribution in [2.24, 2.45) is 5.92 Å². The van der Waals surface area contributed by atoms with Crippen molar-refractivity contribution in [1.82, 2.24) is 10.2 Å². The lowest BCUT2D eigenvalue weighted by atomic mass is 9.89. The quantitative estimate of drug-likeness (QED) is 0.668. The molecule has 1 aliphatic carbocycles. The normalized spacial score (nSPS) is 36.1. The van der Waals surface area contributed by atoms with Crippen LogP contribution in [0.4, 0.5) is 4.79 Å². The molecule has 0 bridgehead atoms. The van der Waals surface area contributed by atoms with Crippen LogP contribution < -0.4 is 5.32 Å². The van der Waals surface area contributed by atoms with E-state index in [9.17, 15) is 9.59 Å². The summed E-state index contributed by atoms with van der Waals surface area (Å²) in [5.74, 6) is -0.186. The second-order valence-electron chi connectivity index (χ2n) is 4.49. The number of hydrogen-bond donors (Lipinski definition) is 1. The van der Waals surface area contributed by atoms with Crippen molar-refractivity contribution in [2.75, 3.05) is 13.2 Å². The Labute approximate surface area is 87.8 Å². The molecule has 3 aliphatic rings. The predicted octanol–water partition coefficient (Wildman–Crippen LogP) is 0.106. The second-order valence-corrected chi connectivity index (χ2v) is 4.49. The number of urea groups is 1. The Morgan fingerprint density at radius 3 is 2.73 bits per heavy atom. The molecule has 3 fully saturated rings. The summed E-state index contributed by atoms with van der Waals surface area (Å²) in [6.45, 7) is 0.924. The van der Waals surface area contributed by atoms with Crippen molar-refractivity contribution in [3.63, 3.8) is 0 Å². The van der Waals surface area contributed by atoms with Gasteiger partial charge in [0.2, 0.25) is 5.91 Å². The molecule has 2 atom stereocenters. The molecule has 3 rings (SSSR count). The van der Waals surface area contributed by atoms with Gasteiger partial charge in [-0.05, 0) is 19.3 Å². The van der Waals surface area contributed by atoms with E-state index in [1.807, 2.05) is 0 Å². The lowest BCUT2D eigenvalue weighted by molar-refractivity contribution is -0.137. The van der Waals surface area contributed by atoms with E-state index in [-0.39, 0.29) is 29.9 Å². The van der Waals surface area contributed by atoms with Crippen LogP contribution in [0, 0.1) is 5.92 Å². The van der Waals surface area contributed by atoms with Crippen LogP contribution >= 0.6 is 0 Å². The van der Waals surface area contributed by atoms with Crippen molar-refractivity contribution in [3.8, 4) is 0 Å². The Morgan fingerprint density at radius 2 is 2.07 bits per heavy atom. The second kappa shape index (κ2) is 3.20. The summed E-state index contributed by atoms with van der Waals surface area (Å²) in [4.78, 5) is 25.2. The zero-order valence-corrected chi connectivity index (χ0v) is 8.44. The molecule has 82 valence electrons. The van der Waals surface area contributed by atoms with Crippen molar-refractivity contribution in [2.45, 2.75) is 31.3 Å². The van der Waals surface area contributed by atoms with Crippen LogP contribution in [0.1, 0.15) is 19.3 Å². The van der Waals surface area contributed by atoms with Gasteiger partial charge in [-0.3, -0.25) is 9.69 Å². The first kappa shape index (κ1) is 9.15. The number of nitrogens with one attached hydrogen (secondary N) is 1. The number of amides is 3. The molecule has 2 heterocycles. The summed E-state index contributed by atoms with van der Waals surface area (Å²) in [5, 5.41) is 2.85. The molecule has 2 saturated heterocycles. The summed E-state index contributed by atoms with van der Waals surface area (Å²) in [6, 6.07) is -0.183. The molecule has 0 aromatic rings. The Kier molecular flexibility index (Phi) is 1.95. The third-order valence-corrected chi connectivity index (χ3v) is 3.60. The summed E-state index contributed by atoms with van der Waals surface area (Å²) in [7, 11) is 0. The van der Waals surface area contributed by atoms with Crippen LogP contribution in [-0.4, -0.2) is 42.1 Å². The Hall–Kier alpha value is -1.10. The zero-order valence-electron chi connectivity index (χ0n) is 8.44. The average molecular weight is 210 g/mol. The van der Waals surface area contributed by atoms with E-state index in [0.717, 1.165) is 19.3 Å². The van der Waals surface area contributed by atoms with E-state index in [4.69, 9.17) is 4.74 Å².